The predicted molar refractivity (Wildman–Crippen MR) is 167 cm³/mol. The molecule has 3 aromatic carbocycles. The van der Waals surface area contributed by atoms with Crippen LogP contribution in [0, 0.1) is 18.8 Å². The minimum Gasteiger partial charge on any atom is -0.459 e. The average molecular weight is 617 g/mol. The highest BCUT2D eigenvalue weighted by molar-refractivity contribution is 9.09. The van der Waals surface area contributed by atoms with E-state index in [-0.39, 0.29) is 17.6 Å². The van der Waals surface area contributed by atoms with Crippen LogP contribution < -0.4 is 5.73 Å². The van der Waals surface area contributed by atoms with Gasteiger partial charge in [0.05, 0.1) is 16.1 Å². The first kappa shape index (κ1) is 27.3. The monoisotopic (exact) mass is 615 g/mol. The van der Waals surface area contributed by atoms with E-state index >= 15 is 0 Å². The zero-order chi connectivity index (χ0) is 28.0. The van der Waals surface area contributed by atoms with Crippen LogP contribution in [0.1, 0.15) is 92.6 Å². The summed E-state index contributed by atoms with van der Waals surface area (Å²) in [5, 5.41) is 0. The number of hydrogen-bond acceptors (Lipinski definition) is 5. The number of nitrogens with two attached hydrogens (primary N) is 1. The van der Waals surface area contributed by atoms with E-state index in [9.17, 15) is 9.59 Å². The zero-order valence-corrected chi connectivity index (χ0v) is 25.2. The van der Waals surface area contributed by atoms with Crippen LogP contribution in [0.5, 0.6) is 0 Å². The molecule has 0 heterocycles. The van der Waals surface area contributed by atoms with Crippen LogP contribution in [-0.2, 0) is 17.6 Å². The first-order valence-electron chi connectivity index (χ1n) is 14.3. The second kappa shape index (κ2) is 11.2. The van der Waals surface area contributed by atoms with Crippen molar-refractivity contribution in [2.45, 2.75) is 69.2 Å². The van der Waals surface area contributed by atoms with Crippen molar-refractivity contribution in [2.24, 2.45) is 11.8 Å². The molecule has 0 saturated heterocycles. The number of halogens is 1. The van der Waals surface area contributed by atoms with Crippen molar-refractivity contribution in [3.05, 3.63) is 99.1 Å². The Morgan fingerprint density at radius 3 is 2.42 bits per heavy atom. The SMILES string of the molecule is Cc1ccc(CCc2cc(C(=O)OC3CCC4CC(Br)CCC4C3)c(N)c3c2C(=O)c2ccccc2C3=S)cc1. The minimum atomic E-state index is -0.413. The molecule has 0 amide bonds. The highest BCUT2D eigenvalue weighted by Crippen LogP contribution is 2.44. The molecule has 40 heavy (non-hydrogen) atoms. The Balaban J connectivity index is 1.33. The average Bonchev–Trinajstić information content (AvgIpc) is 2.96. The maximum absolute atomic E-state index is 13.8. The van der Waals surface area contributed by atoms with E-state index < -0.39 is 5.97 Å². The highest BCUT2D eigenvalue weighted by atomic mass is 79.9. The van der Waals surface area contributed by atoms with Gasteiger partial charge < -0.3 is 10.5 Å². The van der Waals surface area contributed by atoms with Crippen LogP contribution in [0.3, 0.4) is 0 Å². The van der Waals surface area contributed by atoms with E-state index in [1.165, 1.54) is 30.4 Å². The van der Waals surface area contributed by atoms with E-state index in [2.05, 4.69) is 47.1 Å². The number of anilines is 1. The topological polar surface area (TPSA) is 69.4 Å². The number of aryl methyl sites for hydroxylation is 3. The Bertz CT molecular complexity index is 1500. The molecule has 4 unspecified atom stereocenters. The Labute approximate surface area is 249 Å². The van der Waals surface area contributed by atoms with Gasteiger partial charge in [-0.3, -0.25) is 4.79 Å². The standard InChI is InChI=1S/C34H34BrNO3S/c1-19-6-8-20(9-7-19)10-11-23-18-28(34(38)39-25-15-13-21-16-24(35)14-12-22(21)17-25)31(36)30-29(23)32(37)26-4-2-3-5-27(26)33(30)40/h2-9,18,21-22,24-25H,10-17,36H2,1H3. The molecule has 206 valence electrons. The normalized spacial score (nSPS) is 23.6. The summed E-state index contributed by atoms with van der Waals surface area (Å²) < 4.78 is 6.13. The number of ether oxygens (including phenoxy) is 1. The largest absolute Gasteiger partial charge is 0.459 e. The molecule has 0 aliphatic heterocycles. The summed E-state index contributed by atoms with van der Waals surface area (Å²) in [5.41, 5.74) is 12.7. The maximum atomic E-state index is 13.8. The van der Waals surface area contributed by atoms with Crippen molar-refractivity contribution in [1.29, 1.82) is 0 Å². The number of nitrogen functional groups attached to an aromatic ring is 1. The lowest BCUT2D eigenvalue weighted by molar-refractivity contribution is -0.000274. The van der Waals surface area contributed by atoms with Gasteiger partial charge in [0.2, 0.25) is 0 Å². The van der Waals surface area contributed by atoms with Crippen molar-refractivity contribution >= 4 is 50.5 Å². The third-order valence-electron chi connectivity index (χ3n) is 9.12. The second-order valence-electron chi connectivity index (χ2n) is 11.7. The van der Waals surface area contributed by atoms with Crippen LogP contribution in [0.15, 0.2) is 54.6 Å². The van der Waals surface area contributed by atoms with E-state index in [1.54, 1.807) is 6.07 Å². The molecule has 0 bridgehead atoms. The van der Waals surface area contributed by atoms with Gasteiger partial charge >= 0.3 is 5.97 Å². The fraction of sp³-hybridized carbons (Fsp3) is 0.382. The third-order valence-corrected chi connectivity index (χ3v) is 10.4. The lowest BCUT2D eigenvalue weighted by atomic mass is 9.70. The molecular weight excluding hydrogens is 582 g/mol. The van der Waals surface area contributed by atoms with Crippen LogP contribution in [0.25, 0.3) is 0 Å². The summed E-state index contributed by atoms with van der Waals surface area (Å²) >= 11 is 9.70. The number of carbonyl (C=O) groups is 2. The molecule has 0 radical (unpaired) electrons. The number of esters is 1. The van der Waals surface area contributed by atoms with E-state index in [4.69, 9.17) is 22.7 Å². The predicted octanol–water partition coefficient (Wildman–Crippen LogP) is 7.56. The van der Waals surface area contributed by atoms with Gasteiger partial charge in [0.1, 0.15) is 6.10 Å². The molecule has 3 aliphatic carbocycles. The van der Waals surface area contributed by atoms with Crippen LogP contribution in [0.4, 0.5) is 5.69 Å². The fourth-order valence-electron chi connectivity index (χ4n) is 6.91. The fourth-order valence-corrected chi connectivity index (χ4v) is 8.04. The number of alkyl halides is 1. The van der Waals surface area contributed by atoms with Gasteiger partial charge in [0.25, 0.3) is 0 Å². The van der Waals surface area contributed by atoms with Gasteiger partial charge in [0.15, 0.2) is 5.78 Å². The van der Waals surface area contributed by atoms with Gasteiger partial charge in [-0.1, -0.05) is 82.2 Å². The zero-order valence-electron chi connectivity index (χ0n) is 22.8. The Kier molecular flexibility index (Phi) is 7.66. The summed E-state index contributed by atoms with van der Waals surface area (Å²) in [6, 6.07) is 17.6. The molecule has 3 aromatic rings. The number of carbonyl (C=O) groups excluding carboxylic acids is 2. The van der Waals surface area contributed by atoms with Gasteiger partial charge in [0, 0.05) is 27.1 Å². The first-order valence-corrected chi connectivity index (χ1v) is 15.7. The van der Waals surface area contributed by atoms with Crippen molar-refractivity contribution in [2.75, 3.05) is 5.73 Å². The number of benzene rings is 3. The van der Waals surface area contributed by atoms with E-state index in [0.717, 1.165) is 31.2 Å². The van der Waals surface area contributed by atoms with Crippen molar-refractivity contribution in [3.8, 4) is 0 Å². The molecule has 4 nitrogen and oxygen atoms in total. The molecule has 2 fully saturated rings. The number of thiocarbonyl (C=S) groups is 1. The summed E-state index contributed by atoms with van der Waals surface area (Å²) in [6.45, 7) is 2.06. The number of rotatable bonds is 5. The van der Waals surface area contributed by atoms with E-state index in [1.807, 2.05) is 24.3 Å². The lowest BCUT2D eigenvalue weighted by Gasteiger charge is -2.40. The van der Waals surface area contributed by atoms with Gasteiger partial charge in [-0.05, 0) is 87.3 Å². The summed E-state index contributed by atoms with van der Waals surface area (Å²) in [5.74, 6) is 0.806. The smallest absolute Gasteiger partial charge is 0.340 e. The third kappa shape index (κ3) is 5.16. The molecule has 6 heteroatoms. The quantitative estimate of drug-likeness (QED) is 0.109. The van der Waals surface area contributed by atoms with Crippen LogP contribution in [0.2, 0.25) is 0 Å². The summed E-state index contributed by atoms with van der Waals surface area (Å²) in [4.78, 5) is 28.6. The van der Waals surface area contributed by atoms with Crippen LogP contribution in [-0.4, -0.2) is 27.5 Å². The number of fused-ring (bicyclic) bond motifs is 3. The molecule has 2 N–H and O–H groups in total. The van der Waals surface area contributed by atoms with Crippen molar-refractivity contribution in [3.63, 3.8) is 0 Å². The summed E-state index contributed by atoms with van der Waals surface area (Å²) in [6.07, 6.45) is 7.64. The molecule has 3 aliphatic rings. The van der Waals surface area contributed by atoms with Crippen molar-refractivity contribution < 1.29 is 14.3 Å². The molecule has 0 aromatic heterocycles. The van der Waals surface area contributed by atoms with Gasteiger partial charge in [-0.2, -0.15) is 0 Å². The molecule has 6 rings (SSSR count). The highest BCUT2D eigenvalue weighted by Gasteiger charge is 2.38. The first-order chi connectivity index (χ1) is 19.3. The van der Waals surface area contributed by atoms with Crippen LogP contribution >= 0.6 is 28.1 Å². The lowest BCUT2D eigenvalue weighted by Crippen LogP contribution is -2.35. The van der Waals surface area contributed by atoms with Gasteiger partial charge in [-0.15, -0.1) is 0 Å². The minimum absolute atomic E-state index is 0.0922. The number of hydrogen-bond donors (Lipinski definition) is 1. The summed E-state index contributed by atoms with van der Waals surface area (Å²) in [7, 11) is 0. The molecular formula is C34H34BrNO3S. The molecule has 4 atom stereocenters. The Hall–Kier alpha value is -2.83. The molecule has 0 spiro atoms. The Morgan fingerprint density at radius 2 is 1.65 bits per heavy atom. The second-order valence-corrected chi connectivity index (χ2v) is 13.4. The maximum Gasteiger partial charge on any atom is 0.340 e. The molecule has 2 saturated carbocycles. The van der Waals surface area contributed by atoms with Crippen molar-refractivity contribution in [1.82, 2.24) is 0 Å². The number of ketones is 1. The van der Waals surface area contributed by atoms with E-state index in [0.29, 0.717) is 55.8 Å². The Morgan fingerprint density at radius 1 is 0.950 bits per heavy atom. The van der Waals surface area contributed by atoms with Gasteiger partial charge in [-0.25, -0.2) is 4.79 Å².